The van der Waals surface area contributed by atoms with Crippen LogP contribution in [0.15, 0.2) is 24.3 Å². The van der Waals surface area contributed by atoms with Crippen molar-refractivity contribution in [2.24, 2.45) is 0 Å². The van der Waals surface area contributed by atoms with Gasteiger partial charge in [-0.3, -0.25) is 4.79 Å². The minimum atomic E-state index is 0. The maximum Gasteiger partial charge on any atom is 0.225 e. The Morgan fingerprint density at radius 2 is 1.83 bits per heavy atom. The molecule has 1 aromatic carbocycles. The molecule has 1 unspecified atom stereocenters. The Bertz CT molecular complexity index is 502. The third kappa shape index (κ3) is 5.67. The van der Waals surface area contributed by atoms with Gasteiger partial charge in [0.25, 0.3) is 0 Å². The molecule has 0 aromatic heterocycles. The van der Waals surface area contributed by atoms with Crippen LogP contribution in [0.25, 0.3) is 0 Å². The standard InChI is InChI=1S/C16H22ClN3O2.2ClH/c17-13-1-3-14(4-2-13)19-6-8-20(9-7-19)16(21)11-15-12-18-5-10-22-15;;/h1-4,15,18H,5-12H2;2*1H. The van der Waals surface area contributed by atoms with Gasteiger partial charge in [0.05, 0.1) is 19.1 Å². The van der Waals surface area contributed by atoms with Crippen LogP contribution in [0.2, 0.25) is 5.02 Å². The van der Waals surface area contributed by atoms with Gasteiger partial charge in [-0.1, -0.05) is 11.6 Å². The summed E-state index contributed by atoms with van der Waals surface area (Å²) in [5.41, 5.74) is 1.16. The van der Waals surface area contributed by atoms with E-state index in [1.807, 2.05) is 29.2 Å². The quantitative estimate of drug-likeness (QED) is 0.851. The Labute approximate surface area is 160 Å². The minimum Gasteiger partial charge on any atom is -0.375 e. The number of carbonyl (C=O) groups excluding carboxylic acids is 1. The molecule has 3 rings (SSSR count). The highest BCUT2D eigenvalue weighted by Gasteiger charge is 2.24. The molecule has 2 aliphatic rings. The lowest BCUT2D eigenvalue weighted by atomic mass is 10.2. The molecule has 0 aliphatic carbocycles. The van der Waals surface area contributed by atoms with Crippen molar-refractivity contribution in [3.05, 3.63) is 29.3 Å². The molecule has 8 heteroatoms. The third-order valence-corrected chi connectivity index (χ3v) is 4.48. The Morgan fingerprint density at radius 3 is 2.42 bits per heavy atom. The van der Waals surface area contributed by atoms with E-state index in [0.717, 1.165) is 50.0 Å². The lowest BCUT2D eigenvalue weighted by Gasteiger charge is -2.37. The number of hydrogen-bond donors (Lipinski definition) is 1. The van der Waals surface area contributed by atoms with Crippen LogP contribution in [0.4, 0.5) is 5.69 Å². The molecular formula is C16H24Cl3N3O2. The van der Waals surface area contributed by atoms with E-state index in [1.54, 1.807) is 0 Å². The highest BCUT2D eigenvalue weighted by atomic mass is 35.5. The molecule has 136 valence electrons. The molecule has 1 N–H and O–H groups in total. The van der Waals surface area contributed by atoms with Crippen molar-refractivity contribution in [3.8, 4) is 0 Å². The van der Waals surface area contributed by atoms with Crippen LogP contribution in [0.1, 0.15) is 6.42 Å². The van der Waals surface area contributed by atoms with Gasteiger partial charge in [0.2, 0.25) is 5.91 Å². The monoisotopic (exact) mass is 395 g/mol. The zero-order valence-corrected chi connectivity index (χ0v) is 15.8. The SMILES string of the molecule is Cl.Cl.O=C(CC1CNCCO1)N1CCN(c2ccc(Cl)cc2)CC1. The fourth-order valence-corrected chi connectivity index (χ4v) is 3.07. The number of hydrogen-bond acceptors (Lipinski definition) is 4. The van der Waals surface area contributed by atoms with Gasteiger partial charge >= 0.3 is 0 Å². The fourth-order valence-electron chi connectivity index (χ4n) is 2.94. The largest absolute Gasteiger partial charge is 0.375 e. The Morgan fingerprint density at radius 1 is 1.17 bits per heavy atom. The summed E-state index contributed by atoms with van der Waals surface area (Å²) in [6.45, 7) is 5.60. The summed E-state index contributed by atoms with van der Waals surface area (Å²) in [5.74, 6) is 0.199. The van der Waals surface area contributed by atoms with E-state index in [2.05, 4.69) is 10.2 Å². The molecule has 5 nitrogen and oxygen atoms in total. The maximum absolute atomic E-state index is 12.3. The van der Waals surface area contributed by atoms with Gasteiger partial charge in [0.15, 0.2) is 0 Å². The van der Waals surface area contributed by atoms with E-state index in [9.17, 15) is 4.79 Å². The Hall–Kier alpha value is -0.720. The number of ether oxygens (including phenoxy) is 1. The second-order valence-electron chi connectivity index (χ2n) is 5.75. The number of morpholine rings is 1. The maximum atomic E-state index is 12.3. The molecule has 2 saturated heterocycles. The molecular weight excluding hydrogens is 373 g/mol. The second-order valence-corrected chi connectivity index (χ2v) is 6.18. The van der Waals surface area contributed by atoms with E-state index >= 15 is 0 Å². The number of carbonyl (C=O) groups is 1. The predicted molar refractivity (Wildman–Crippen MR) is 102 cm³/mol. The van der Waals surface area contributed by atoms with E-state index in [1.165, 1.54) is 0 Å². The van der Waals surface area contributed by atoms with Crippen molar-refractivity contribution in [3.63, 3.8) is 0 Å². The average Bonchev–Trinajstić information content (AvgIpc) is 2.57. The summed E-state index contributed by atoms with van der Waals surface area (Å²) in [6, 6.07) is 7.87. The second kappa shape index (κ2) is 10.3. The van der Waals surface area contributed by atoms with Gasteiger partial charge in [-0.05, 0) is 24.3 Å². The van der Waals surface area contributed by atoms with Crippen molar-refractivity contribution in [1.82, 2.24) is 10.2 Å². The minimum absolute atomic E-state index is 0. The number of anilines is 1. The zero-order chi connectivity index (χ0) is 15.4. The summed E-state index contributed by atoms with van der Waals surface area (Å²) in [4.78, 5) is 16.6. The number of piperazine rings is 1. The van der Waals surface area contributed by atoms with Gasteiger partial charge in [-0.15, -0.1) is 24.8 Å². The molecule has 0 radical (unpaired) electrons. The summed E-state index contributed by atoms with van der Waals surface area (Å²) < 4.78 is 5.61. The van der Waals surface area contributed by atoms with Crippen LogP contribution >= 0.6 is 36.4 Å². The lowest BCUT2D eigenvalue weighted by molar-refractivity contribution is -0.135. The van der Waals surface area contributed by atoms with Gasteiger partial charge in [-0.25, -0.2) is 0 Å². The summed E-state index contributed by atoms with van der Waals surface area (Å²) in [5, 5.41) is 4.01. The summed E-state index contributed by atoms with van der Waals surface area (Å²) in [6.07, 6.45) is 0.504. The summed E-state index contributed by atoms with van der Waals surface area (Å²) >= 11 is 5.92. The highest BCUT2D eigenvalue weighted by molar-refractivity contribution is 6.30. The number of nitrogens with zero attached hydrogens (tertiary/aromatic N) is 2. The van der Waals surface area contributed by atoms with Crippen molar-refractivity contribution in [1.29, 1.82) is 0 Å². The van der Waals surface area contributed by atoms with E-state index in [4.69, 9.17) is 16.3 Å². The normalized spacial score (nSPS) is 20.8. The molecule has 1 atom stereocenters. The first-order chi connectivity index (χ1) is 10.7. The predicted octanol–water partition coefficient (Wildman–Crippen LogP) is 2.21. The Kier molecular flexibility index (Phi) is 9.16. The van der Waals surface area contributed by atoms with E-state index in [-0.39, 0.29) is 36.8 Å². The first-order valence-corrected chi connectivity index (χ1v) is 8.21. The number of halogens is 3. The molecule has 2 aliphatic heterocycles. The number of benzene rings is 1. The van der Waals surface area contributed by atoms with Gasteiger partial charge in [-0.2, -0.15) is 0 Å². The first kappa shape index (κ1) is 21.3. The molecule has 2 heterocycles. The fraction of sp³-hybridized carbons (Fsp3) is 0.562. The molecule has 0 saturated carbocycles. The van der Waals surface area contributed by atoms with E-state index < -0.39 is 0 Å². The number of rotatable bonds is 3. The van der Waals surface area contributed by atoms with Crippen molar-refractivity contribution in [2.75, 3.05) is 50.8 Å². The lowest BCUT2D eigenvalue weighted by Crippen LogP contribution is -2.50. The first-order valence-electron chi connectivity index (χ1n) is 7.83. The number of amides is 1. The van der Waals surface area contributed by atoms with Crippen LogP contribution in [0, 0.1) is 0 Å². The van der Waals surface area contributed by atoms with Gasteiger partial charge in [0, 0.05) is 50.0 Å². The number of nitrogens with one attached hydrogen (secondary N) is 1. The summed E-state index contributed by atoms with van der Waals surface area (Å²) in [7, 11) is 0. The zero-order valence-electron chi connectivity index (χ0n) is 13.4. The van der Waals surface area contributed by atoms with Crippen LogP contribution in [-0.2, 0) is 9.53 Å². The molecule has 0 bridgehead atoms. The molecule has 24 heavy (non-hydrogen) atoms. The highest BCUT2D eigenvalue weighted by Crippen LogP contribution is 2.19. The van der Waals surface area contributed by atoms with E-state index in [0.29, 0.717) is 13.0 Å². The average molecular weight is 397 g/mol. The van der Waals surface area contributed by atoms with Gasteiger partial charge in [0.1, 0.15) is 0 Å². The molecule has 0 spiro atoms. The Balaban J connectivity index is 0.00000144. The molecule has 1 aromatic rings. The smallest absolute Gasteiger partial charge is 0.225 e. The van der Waals surface area contributed by atoms with Crippen molar-refractivity contribution in [2.45, 2.75) is 12.5 Å². The van der Waals surface area contributed by atoms with Crippen LogP contribution < -0.4 is 10.2 Å². The van der Waals surface area contributed by atoms with Crippen LogP contribution in [0.3, 0.4) is 0 Å². The molecule has 2 fully saturated rings. The van der Waals surface area contributed by atoms with Crippen LogP contribution in [-0.4, -0.2) is 62.8 Å². The van der Waals surface area contributed by atoms with Crippen LogP contribution in [0.5, 0.6) is 0 Å². The van der Waals surface area contributed by atoms with Crippen molar-refractivity contribution < 1.29 is 9.53 Å². The van der Waals surface area contributed by atoms with Crippen molar-refractivity contribution >= 4 is 48.0 Å². The third-order valence-electron chi connectivity index (χ3n) is 4.23. The molecule has 1 amide bonds. The van der Waals surface area contributed by atoms with Gasteiger partial charge < -0.3 is 19.9 Å². The topological polar surface area (TPSA) is 44.8 Å².